The molecule has 0 atom stereocenters. The Morgan fingerprint density at radius 3 is 1.97 bits per heavy atom. The second-order valence-electron chi connectivity index (χ2n) is 8.16. The van der Waals surface area contributed by atoms with Crippen molar-refractivity contribution in [3.63, 3.8) is 0 Å². The molecule has 0 spiro atoms. The first-order valence-corrected chi connectivity index (χ1v) is 11.0. The fourth-order valence-electron chi connectivity index (χ4n) is 4.66. The first kappa shape index (κ1) is 18.0. The van der Waals surface area contributed by atoms with Crippen molar-refractivity contribution < 1.29 is 0 Å². The molecule has 2 aliphatic rings. The van der Waals surface area contributed by atoms with E-state index in [1.807, 2.05) is 42.5 Å². The standard InChI is InChI=1S/C29H18N4/c1-2-10-19(11-3-1)28-31-25-16-8-5-13-21(25)29(32-28)33-18-23-20-12-4-7-15-24(20)30-27(23)22-14-6-9-17-26(22)33/h1-18H. The Morgan fingerprint density at radius 2 is 1.15 bits per heavy atom. The molecule has 33 heavy (non-hydrogen) atoms. The maximum Gasteiger partial charge on any atom is 0.162 e. The molecule has 2 aliphatic heterocycles. The quantitative estimate of drug-likeness (QED) is 0.305. The third-order valence-corrected chi connectivity index (χ3v) is 6.20. The fraction of sp³-hybridized carbons (Fsp3) is 0. The first-order chi connectivity index (χ1) is 16.4. The van der Waals surface area contributed by atoms with Gasteiger partial charge in [-0.3, -0.25) is 4.57 Å². The highest BCUT2D eigenvalue weighted by molar-refractivity contribution is 6.07. The second-order valence-corrected chi connectivity index (χ2v) is 8.16. The minimum Gasteiger partial charge on any atom is -0.300 e. The van der Waals surface area contributed by atoms with Crippen LogP contribution in [0, 0.1) is 0 Å². The van der Waals surface area contributed by atoms with E-state index in [1.165, 1.54) is 0 Å². The zero-order valence-electron chi connectivity index (χ0n) is 17.7. The van der Waals surface area contributed by atoms with Gasteiger partial charge < -0.3 is 0 Å². The molecule has 0 unspecified atom stereocenters. The van der Waals surface area contributed by atoms with Crippen LogP contribution in [-0.4, -0.2) is 19.5 Å². The highest BCUT2D eigenvalue weighted by Gasteiger charge is 2.20. The third-order valence-electron chi connectivity index (χ3n) is 6.20. The summed E-state index contributed by atoms with van der Waals surface area (Å²) in [4.78, 5) is 14.9. The van der Waals surface area contributed by atoms with Crippen molar-refractivity contribution in [3.05, 3.63) is 109 Å². The number of hydrogen-bond donors (Lipinski definition) is 0. The zero-order valence-corrected chi connectivity index (χ0v) is 17.7. The van der Waals surface area contributed by atoms with Gasteiger partial charge in [0.1, 0.15) is 5.82 Å². The number of nitrogens with zero attached hydrogens (tertiary/aromatic N) is 4. The lowest BCUT2D eigenvalue weighted by atomic mass is 10.0. The van der Waals surface area contributed by atoms with Gasteiger partial charge in [-0.1, -0.05) is 78.9 Å². The van der Waals surface area contributed by atoms with Crippen molar-refractivity contribution in [1.82, 2.24) is 19.5 Å². The summed E-state index contributed by atoms with van der Waals surface area (Å²) in [6, 6.07) is 35.1. The topological polar surface area (TPSA) is 43.6 Å². The van der Waals surface area contributed by atoms with Crippen molar-refractivity contribution >= 4 is 32.7 Å². The van der Waals surface area contributed by atoms with Gasteiger partial charge in [0, 0.05) is 33.5 Å². The van der Waals surface area contributed by atoms with E-state index in [9.17, 15) is 0 Å². The van der Waals surface area contributed by atoms with E-state index in [2.05, 4.69) is 71.4 Å². The number of aromatic nitrogens is 4. The van der Waals surface area contributed by atoms with Gasteiger partial charge in [-0.15, -0.1) is 0 Å². The van der Waals surface area contributed by atoms with Gasteiger partial charge in [-0.2, -0.15) is 0 Å². The molecule has 0 saturated heterocycles. The Kier molecular flexibility index (Phi) is 3.81. The Bertz CT molecular complexity index is 1770. The summed E-state index contributed by atoms with van der Waals surface area (Å²) in [5, 5.41) is 3.26. The predicted octanol–water partition coefficient (Wildman–Crippen LogP) is 6.89. The average molecular weight is 422 g/mol. The number of para-hydroxylation sites is 3. The molecule has 154 valence electrons. The van der Waals surface area contributed by atoms with Crippen molar-refractivity contribution in [2.24, 2.45) is 0 Å². The summed E-state index contributed by atoms with van der Waals surface area (Å²) in [5.74, 6) is 1.58. The van der Waals surface area contributed by atoms with E-state index in [4.69, 9.17) is 15.0 Å². The monoisotopic (exact) mass is 422 g/mol. The van der Waals surface area contributed by atoms with E-state index < -0.39 is 0 Å². The summed E-state index contributed by atoms with van der Waals surface area (Å²) in [7, 11) is 0. The highest BCUT2D eigenvalue weighted by Crippen LogP contribution is 2.38. The minimum atomic E-state index is 0.714. The molecule has 0 radical (unpaired) electrons. The van der Waals surface area contributed by atoms with Crippen LogP contribution in [0.4, 0.5) is 0 Å². The van der Waals surface area contributed by atoms with Crippen molar-refractivity contribution in [2.75, 3.05) is 0 Å². The SMILES string of the molecule is c1ccc(-c2nc(-n3cc4c5ccccc5nc-4c4ccccc43)c3ccccc3n2)cc1. The van der Waals surface area contributed by atoms with Crippen LogP contribution >= 0.6 is 0 Å². The highest BCUT2D eigenvalue weighted by atomic mass is 15.1. The summed E-state index contributed by atoms with van der Waals surface area (Å²) in [6.07, 6.45) is 2.18. The van der Waals surface area contributed by atoms with Crippen LogP contribution in [0.25, 0.3) is 61.2 Å². The Morgan fingerprint density at radius 1 is 0.515 bits per heavy atom. The van der Waals surface area contributed by atoms with Gasteiger partial charge in [0.05, 0.1) is 22.2 Å². The summed E-state index contributed by atoms with van der Waals surface area (Å²) >= 11 is 0. The molecule has 5 aromatic rings. The number of hydrogen-bond acceptors (Lipinski definition) is 3. The molecular formula is C29H18N4. The van der Waals surface area contributed by atoms with E-state index in [0.29, 0.717) is 5.82 Å². The smallest absolute Gasteiger partial charge is 0.162 e. The molecule has 0 aliphatic carbocycles. The van der Waals surface area contributed by atoms with Crippen LogP contribution in [0.15, 0.2) is 109 Å². The van der Waals surface area contributed by atoms with Crippen molar-refractivity contribution in [2.45, 2.75) is 0 Å². The predicted molar refractivity (Wildman–Crippen MR) is 134 cm³/mol. The number of benzene rings is 4. The van der Waals surface area contributed by atoms with E-state index in [-0.39, 0.29) is 0 Å². The minimum absolute atomic E-state index is 0.714. The maximum atomic E-state index is 5.09. The average Bonchev–Trinajstić information content (AvgIpc) is 3.27. The van der Waals surface area contributed by atoms with Gasteiger partial charge in [-0.25, -0.2) is 15.0 Å². The molecule has 0 bridgehead atoms. The van der Waals surface area contributed by atoms with Crippen LogP contribution in [0.5, 0.6) is 0 Å². The molecule has 0 fully saturated rings. The van der Waals surface area contributed by atoms with Crippen molar-refractivity contribution in [1.29, 1.82) is 0 Å². The molecule has 7 rings (SSSR count). The summed E-state index contributed by atoms with van der Waals surface area (Å²) in [5.41, 5.74) is 6.13. The lowest BCUT2D eigenvalue weighted by Crippen LogP contribution is -2.05. The third kappa shape index (κ3) is 2.74. The van der Waals surface area contributed by atoms with Gasteiger partial charge in [0.15, 0.2) is 5.82 Å². The molecular weight excluding hydrogens is 404 g/mol. The van der Waals surface area contributed by atoms with E-state index >= 15 is 0 Å². The van der Waals surface area contributed by atoms with Crippen LogP contribution in [0.1, 0.15) is 0 Å². The lowest BCUT2D eigenvalue weighted by molar-refractivity contribution is 1.03. The van der Waals surface area contributed by atoms with Gasteiger partial charge in [-0.05, 0) is 24.3 Å². The number of fused-ring (bicyclic) bond motifs is 6. The number of rotatable bonds is 2. The van der Waals surface area contributed by atoms with Crippen LogP contribution < -0.4 is 0 Å². The van der Waals surface area contributed by atoms with Crippen LogP contribution in [-0.2, 0) is 0 Å². The first-order valence-electron chi connectivity index (χ1n) is 11.0. The van der Waals surface area contributed by atoms with Gasteiger partial charge >= 0.3 is 0 Å². The summed E-state index contributed by atoms with van der Waals surface area (Å²) < 4.78 is 2.20. The zero-order chi connectivity index (χ0) is 21.8. The largest absolute Gasteiger partial charge is 0.300 e. The van der Waals surface area contributed by atoms with Crippen molar-refractivity contribution in [3.8, 4) is 28.5 Å². The van der Waals surface area contributed by atoms with Crippen LogP contribution in [0.2, 0.25) is 0 Å². The van der Waals surface area contributed by atoms with Gasteiger partial charge in [0.2, 0.25) is 0 Å². The Balaban J connectivity index is 1.64. The van der Waals surface area contributed by atoms with Gasteiger partial charge in [0.25, 0.3) is 0 Å². The molecule has 4 nitrogen and oxygen atoms in total. The molecule has 4 aromatic carbocycles. The van der Waals surface area contributed by atoms with E-state index in [1.54, 1.807) is 0 Å². The molecule has 0 saturated carbocycles. The molecule has 1 aromatic heterocycles. The van der Waals surface area contributed by atoms with Crippen LogP contribution in [0.3, 0.4) is 0 Å². The summed E-state index contributed by atoms with van der Waals surface area (Å²) in [6.45, 7) is 0. The molecule has 3 heterocycles. The normalized spacial score (nSPS) is 11.6. The fourth-order valence-corrected chi connectivity index (χ4v) is 4.66. The second kappa shape index (κ2) is 6.97. The molecule has 0 N–H and O–H groups in total. The molecule has 0 amide bonds. The maximum absolute atomic E-state index is 5.09. The van der Waals surface area contributed by atoms with E-state index in [0.717, 1.165) is 55.3 Å². The lowest BCUT2D eigenvalue weighted by Gasteiger charge is -2.17. The number of pyridine rings is 1. The Hall–Kier alpha value is -4.57. The molecule has 4 heteroatoms. The Labute approximate surface area is 190 Å².